The smallest absolute Gasteiger partial charge is 0.0791 e. The van der Waals surface area contributed by atoms with E-state index < -0.39 is 0 Å². The predicted octanol–water partition coefficient (Wildman–Crippen LogP) is 0.375. The highest BCUT2D eigenvalue weighted by atomic mass is 16.3. The molecule has 4 nitrogen and oxygen atoms in total. The first-order chi connectivity index (χ1) is 8.26. The van der Waals surface area contributed by atoms with Gasteiger partial charge in [0, 0.05) is 26.2 Å². The van der Waals surface area contributed by atoms with Crippen molar-refractivity contribution >= 4 is 0 Å². The minimum absolute atomic E-state index is 0.242. The van der Waals surface area contributed by atoms with Crippen molar-refractivity contribution in [3.05, 3.63) is 0 Å². The van der Waals surface area contributed by atoms with Gasteiger partial charge in [0.15, 0.2) is 0 Å². The molecule has 1 unspecified atom stereocenters. The summed E-state index contributed by atoms with van der Waals surface area (Å²) in [5, 5.41) is 13.2. The normalized spacial score (nSPS) is 19.1. The van der Waals surface area contributed by atoms with E-state index in [-0.39, 0.29) is 6.10 Å². The molecule has 0 aromatic carbocycles. The van der Waals surface area contributed by atoms with E-state index in [1.165, 1.54) is 25.9 Å². The molecule has 1 fully saturated rings. The summed E-state index contributed by atoms with van der Waals surface area (Å²) >= 11 is 0. The number of nitrogens with zero attached hydrogens (tertiary/aromatic N) is 2. The molecular formula is C13H29N3O. The third-order valence-electron chi connectivity index (χ3n) is 3.55. The summed E-state index contributed by atoms with van der Waals surface area (Å²) in [6.45, 7) is 12.4. The lowest BCUT2D eigenvalue weighted by Crippen LogP contribution is -2.40. The van der Waals surface area contributed by atoms with E-state index >= 15 is 0 Å². The standard InChI is InChI=1S/C13H29N3O/c1-3-15(4-2)12-13(17)11-14-7-10-16-8-5-6-9-16/h13-14,17H,3-12H2,1-2H3. The number of hydrogen-bond donors (Lipinski definition) is 2. The van der Waals surface area contributed by atoms with E-state index in [1.54, 1.807) is 0 Å². The van der Waals surface area contributed by atoms with Crippen LogP contribution in [0.4, 0.5) is 0 Å². The molecule has 1 saturated heterocycles. The van der Waals surface area contributed by atoms with Crippen molar-refractivity contribution in [3.8, 4) is 0 Å². The maximum absolute atomic E-state index is 9.86. The highest BCUT2D eigenvalue weighted by molar-refractivity contribution is 4.69. The summed E-state index contributed by atoms with van der Waals surface area (Å²) in [4.78, 5) is 4.75. The zero-order valence-electron chi connectivity index (χ0n) is 11.5. The molecule has 0 aliphatic carbocycles. The summed E-state index contributed by atoms with van der Waals surface area (Å²) in [6.07, 6.45) is 2.46. The Kier molecular flexibility index (Phi) is 7.77. The van der Waals surface area contributed by atoms with Crippen LogP contribution in [0.5, 0.6) is 0 Å². The third kappa shape index (κ3) is 6.36. The van der Waals surface area contributed by atoms with Crippen LogP contribution in [-0.4, -0.2) is 73.4 Å². The number of rotatable bonds is 9. The lowest BCUT2D eigenvalue weighted by molar-refractivity contribution is 0.116. The molecule has 0 saturated carbocycles. The second-order valence-electron chi connectivity index (χ2n) is 4.89. The largest absolute Gasteiger partial charge is 0.390 e. The van der Waals surface area contributed by atoms with Crippen LogP contribution < -0.4 is 5.32 Å². The van der Waals surface area contributed by atoms with E-state index in [2.05, 4.69) is 29.0 Å². The van der Waals surface area contributed by atoms with Gasteiger partial charge in [0.1, 0.15) is 0 Å². The van der Waals surface area contributed by atoms with E-state index in [0.29, 0.717) is 6.54 Å². The number of nitrogens with one attached hydrogen (secondary N) is 1. The minimum Gasteiger partial charge on any atom is -0.390 e. The van der Waals surface area contributed by atoms with Gasteiger partial charge >= 0.3 is 0 Å². The van der Waals surface area contributed by atoms with Gasteiger partial charge in [0.25, 0.3) is 0 Å². The van der Waals surface area contributed by atoms with Gasteiger partial charge in [0.2, 0.25) is 0 Å². The van der Waals surface area contributed by atoms with Crippen LogP contribution in [0.1, 0.15) is 26.7 Å². The molecular weight excluding hydrogens is 214 g/mol. The first kappa shape index (κ1) is 14.9. The van der Waals surface area contributed by atoms with E-state index in [9.17, 15) is 5.11 Å². The van der Waals surface area contributed by atoms with Crippen LogP contribution in [0.15, 0.2) is 0 Å². The van der Waals surface area contributed by atoms with Gasteiger partial charge in [-0.2, -0.15) is 0 Å². The number of likely N-dealkylation sites (tertiary alicyclic amines) is 1. The fraction of sp³-hybridized carbons (Fsp3) is 1.00. The molecule has 0 spiro atoms. The van der Waals surface area contributed by atoms with E-state index in [1.807, 2.05) is 0 Å². The van der Waals surface area contributed by atoms with Gasteiger partial charge in [-0.1, -0.05) is 13.8 Å². The molecule has 17 heavy (non-hydrogen) atoms. The average molecular weight is 243 g/mol. The van der Waals surface area contributed by atoms with Crippen LogP contribution in [0.3, 0.4) is 0 Å². The van der Waals surface area contributed by atoms with Gasteiger partial charge in [-0.05, 0) is 39.0 Å². The van der Waals surface area contributed by atoms with Crippen molar-refractivity contribution in [1.29, 1.82) is 0 Å². The van der Waals surface area contributed by atoms with E-state index in [4.69, 9.17) is 0 Å². The quantitative estimate of drug-likeness (QED) is 0.574. The Morgan fingerprint density at radius 2 is 1.88 bits per heavy atom. The average Bonchev–Trinajstić information content (AvgIpc) is 2.84. The molecule has 1 heterocycles. The molecule has 0 aromatic heterocycles. The van der Waals surface area contributed by atoms with Crippen molar-refractivity contribution in [2.45, 2.75) is 32.8 Å². The molecule has 102 valence electrons. The van der Waals surface area contributed by atoms with Crippen molar-refractivity contribution in [1.82, 2.24) is 15.1 Å². The Hall–Kier alpha value is -0.160. The molecule has 2 N–H and O–H groups in total. The van der Waals surface area contributed by atoms with Crippen molar-refractivity contribution < 1.29 is 5.11 Å². The van der Waals surface area contributed by atoms with Gasteiger partial charge in [-0.25, -0.2) is 0 Å². The second-order valence-corrected chi connectivity index (χ2v) is 4.89. The Balaban J connectivity index is 1.97. The fourth-order valence-electron chi connectivity index (χ4n) is 2.36. The van der Waals surface area contributed by atoms with Crippen molar-refractivity contribution in [3.63, 3.8) is 0 Å². The third-order valence-corrected chi connectivity index (χ3v) is 3.55. The van der Waals surface area contributed by atoms with Gasteiger partial charge < -0.3 is 20.2 Å². The van der Waals surface area contributed by atoms with E-state index in [0.717, 1.165) is 32.7 Å². The molecule has 4 heteroatoms. The Morgan fingerprint density at radius 1 is 1.24 bits per heavy atom. The van der Waals surface area contributed by atoms with Crippen LogP contribution >= 0.6 is 0 Å². The maximum Gasteiger partial charge on any atom is 0.0791 e. The summed E-state index contributed by atoms with van der Waals surface area (Å²) in [5.74, 6) is 0. The van der Waals surface area contributed by atoms with Crippen molar-refractivity contribution in [2.75, 3.05) is 52.4 Å². The summed E-state index contributed by atoms with van der Waals surface area (Å²) in [5.41, 5.74) is 0. The maximum atomic E-state index is 9.86. The van der Waals surface area contributed by atoms with Crippen molar-refractivity contribution in [2.24, 2.45) is 0 Å². The Labute approximate surface area is 106 Å². The van der Waals surface area contributed by atoms with Crippen LogP contribution in [-0.2, 0) is 0 Å². The van der Waals surface area contributed by atoms with Gasteiger partial charge in [-0.15, -0.1) is 0 Å². The molecule has 1 aliphatic rings. The van der Waals surface area contributed by atoms with Crippen LogP contribution in [0.2, 0.25) is 0 Å². The molecule has 0 bridgehead atoms. The lowest BCUT2D eigenvalue weighted by Gasteiger charge is -2.22. The van der Waals surface area contributed by atoms with Gasteiger partial charge in [-0.3, -0.25) is 0 Å². The zero-order valence-corrected chi connectivity index (χ0v) is 11.5. The predicted molar refractivity (Wildman–Crippen MR) is 72.3 cm³/mol. The number of aliphatic hydroxyl groups is 1. The molecule has 0 aromatic rings. The minimum atomic E-state index is -0.242. The molecule has 0 radical (unpaired) electrons. The zero-order chi connectivity index (χ0) is 12.5. The fourth-order valence-corrected chi connectivity index (χ4v) is 2.36. The summed E-state index contributed by atoms with van der Waals surface area (Å²) < 4.78 is 0. The topological polar surface area (TPSA) is 38.7 Å². The Bertz CT molecular complexity index is 180. The first-order valence-corrected chi connectivity index (χ1v) is 7.09. The Morgan fingerprint density at radius 3 is 2.47 bits per heavy atom. The number of hydrogen-bond acceptors (Lipinski definition) is 4. The second kappa shape index (κ2) is 8.86. The highest BCUT2D eigenvalue weighted by Gasteiger charge is 2.11. The monoisotopic (exact) mass is 243 g/mol. The van der Waals surface area contributed by atoms with Crippen LogP contribution in [0, 0.1) is 0 Å². The molecule has 1 rings (SSSR count). The SMILES string of the molecule is CCN(CC)CC(O)CNCCN1CCCC1. The molecule has 1 aliphatic heterocycles. The number of likely N-dealkylation sites (N-methyl/N-ethyl adjacent to an activating group) is 1. The highest BCUT2D eigenvalue weighted by Crippen LogP contribution is 2.05. The molecule has 1 atom stereocenters. The molecule has 0 amide bonds. The lowest BCUT2D eigenvalue weighted by atomic mass is 10.3. The van der Waals surface area contributed by atoms with Crippen LogP contribution in [0.25, 0.3) is 0 Å². The summed E-state index contributed by atoms with van der Waals surface area (Å²) in [7, 11) is 0. The first-order valence-electron chi connectivity index (χ1n) is 7.09. The van der Waals surface area contributed by atoms with Gasteiger partial charge in [0.05, 0.1) is 6.10 Å². The number of aliphatic hydroxyl groups excluding tert-OH is 1. The summed E-state index contributed by atoms with van der Waals surface area (Å²) in [6, 6.07) is 0.